The van der Waals surface area contributed by atoms with Crippen LogP contribution in [0.2, 0.25) is 0 Å². The van der Waals surface area contributed by atoms with Crippen LogP contribution in [-0.4, -0.2) is 27.4 Å². The Morgan fingerprint density at radius 2 is 1.89 bits per heavy atom. The van der Waals surface area contributed by atoms with Gasteiger partial charge in [-0.1, -0.05) is 30.3 Å². The van der Waals surface area contributed by atoms with Gasteiger partial charge in [-0.15, -0.1) is 11.8 Å². The highest BCUT2D eigenvalue weighted by atomic mass is 32.2. The Hall–Kier alpha value is -3.78. The molecule has 1 amide bonds. The number of benzene rings is 2. The van der Waals surface area contributed by atoms with E-state index in [0.29, 0.717) is 35.7 Å². The van der Waals surface area contributed by atoms with E-state index >= 15 is 0 Å². The van der Waals surface area contributed by atoms with E-state index in [9.17, 15) is 18.4 Å². The van der Waals surface area contributed by atoms with Crippen molar-refractivity contribution in [2.24, 2.45) is 5.92 Å². The van der Waals surface area contributed by atoms with Gasteiger partial charge in [-0.2, -0.15) is 0 Å². The minimum Gasteiger partial charge on any atom is -0.358 e. The van der Waals surface area contributed by atoms with Gasteiger partial charge < -0.3 is 10.3 Å². The van der Waals surface area contributed by atoms with Crippen LogP contribution in [0.5, 0.6) is 0 Å². The van der Waals surface area contributed by atoms with Crippen molar-refractivity contribution >= 4 is 29.3 Å². The van der Waals surface area contributed by atoms with Gasteiger partial charge in [0.25, 0.3) is 0 Å². The molecule has 1 unspecified atom stereocenters. The van der Waals surface area contributed by atoms with Gasteiger partial charge in [-0.3, -0.25) is 9.59 Å². The van der Waals surface area contributed by atoms with Crippen molar-refractivity contribution in [2.45, 2.75) is 31.1 Å². The molecule has 2 N–H and O–H groups in total. The lowest BCUT2D eigenvalue weighted by Gasteiger charge is -2.21. The second-order valence-corrected chi connectivity index (χ2v) is 10.3. The number of nitrogens with zero attached hydrogens (tertiary/aromatic N) is 1. The number of rotatable bonds is 7. The van der Waals surface area contributed by atoms with Crippen LogP contribution in [0, 0.1) is 17.6 Å². The van der Waals surface area contributed by atoms with E-state index < -0.39 is 11.6 Å². The number of hydrogen-bond acceptors (Lipinski definition) is 4. The number of halogens is 2. The highest BCUT2D eigenvalue weighted by Gasteiger charge is 2.31. The van der Waals surface area contributed by atoms with Crippen LogP contribution in [0.15, 0.2) is 71.8 Å². The van der Waals surface area contributed by atoms with Gasteiger partial charge in [0.2, 0.25) is 5.91 Å². The zero-order valence-corrected chi connectivity index (χ0v) is 21.0. The predicted octanol–water partition coefficient (Wildman–Crippen LogP) is 6.44. The monoisotopic (exact) mass is 517 g/mol. The summed E-state index contributed by atoms with van der Waals surface area (Å²) in [6.07, 6.45) is 3.27. The summed E-state index contributed by atoms with van der Waals surface area (Å²) >= 11 is 1.42. The van der Waals surface area contributed by atoms with Crippen molar-refractivity contribution in [1.29, 1.82) is 0 Å². The summed E-state index contributed by atoms with van der Waals surface area (Å²) in [5, 5.41) is 2.72. The minimum absolute atomic E-state index is 0.0570. The maximum atomic E-state index is 13.6. The second-order valence-electron chi connectivity index (χ2n) is 9.19. The van der Waals surface area contributed by atoms with E-state index in [-0.39, 0.29) is 17.6 Å². The Bertz CT molecular complexity index is 1470. The summed E-state index contributed by atoms with van der Waals surface area (Å²) in [6.45, 7) is 1.43. The zero-order valence-electron chi connectivity index (χ0n) is 20.2. The number of thioether (sulfide) groups is 1. The van der Waals surface area contributed by atoms with Crippen LogP contribution in [0.3, 0.4) is 0 Å². The standard InChI is InChI=1S/C29H25F2N3O2S/c1-17(35)33-27-14-20(9-10-32-27)29-22(11-18-5-3-2-4-6-18)28-25(34-29)12-19(13-26(28)36)16-37-21-7-8-23(30)24(31)15-21/h2-10,14-15,19,34H,11-13,16H2,1H3,(H,32,33,35). The average Bonchev–Trinajstić information content (AvgIpc) is 3.24. The van der Waals surface area contributed by atoms with Gasteiger partial charge >= 0.3 is 0 Å². The number of hydrogen-bond donors (Lipinski definition) is 2. The fraction of sp³-hybridized carbons (Fsp3) is 0.207. The SMILES string of the molecule is CC(=O)Nc1cc(-c2[nH]c3c(c2Cc2ccccc2)C(=O)CC(CSc2ccc(F)c(F)c2)C3)ccn1. The second kappa shape index (κ2) is 10.7. The lowest BCUT2D eigenvalue weighted by molar-refractivity contribution is -0.114. The lowest BCUT2D eigenvalue weighted by atomic mass is 9.84. The van der Waals surface area contributed by atoms with Crippen LogP contribution in [0.1, 0.15) is 40.5 Å². The van der Waals surface area contributed by atoms with E-state index in [1.807, 2.05) is 36.4 Å². The number of nitrogens with one attached hydrogen (secondary N) is 2. The smallest absolute Gasteiger partial charge is 0.222 e. The molecule has 2 aromatic heterocycles. The zero-order chi connectivity index (χ0) is 25.9. The van der Waals surface area contributed by atoms with Crippen LogP contribution < -0.4 is 5.32 Å². The Kier molecular flexibility index (Phi) is 7.19. The molecule has 1 atom stereocenters. The summed E-state index contributed by atoms with van der Waals surface area (Å²) in [5.74, 6) is -0.775. The summed E-state index contributed by atoms with van der Waals surface area (Å²) in [4.78, 5) is 33.4. The molecule has 2 aromatic carbocycles. The molecular weight excluding hydrogens is 492 g/mol. The lowest BCUT2D eigenvalue weighted by Crippen LogP contribution is -2.22. The maximum absolute atomic E-state index is 13.6. The largest absolute Gasteiger partial charge is 0.358 e. The maximum Gasteiger partial charge on any atom is 0.222 e. The molecule has 37 heavy (non-hydrogen) atoms. The molecule has 0 fully saturated rings. The van der Waals surface area contributed by atoms with Crippen LogP contribution in [0.4, 0.5) is 14.6 Å². The fourth-order valence-corrected chi connectivity index (χ4v) is 5.78. The molecule has 5 nitrogen and oxygen atoms in total. The number of Topliss-reactive ketones (excluding diaryl/α,β-unsaturated/α-hetero) is 1. The van der Waals surface area contributed by atoms with Crippen molar-refractivity contribution in [2.75, 3.05) is 11.1 Å². The normalized spacial score (nSPS) is 14.9. The van der Waals surface area contributed by atoms with Gasteiger partial charge in [0, 0.05) is 53.4 Å². The summed E-state index contributed by atoms with van der Waals surface area (Å²) in [5.41, 5.74) is 5.30. The summed E-state index contributed by atoms with van der Waals surface area (Å²) < 4.78 is 26.9. The molecule has 2 heterocycles. The molecule has 0 spiro atoms. The number of carbonyl (C=O) groups excluding carboxylic acids is 2. The number of aromatic nitrogens is 2. The van der Waals surface area contributed by atoms with E-state index in [4.69, 9.17) is 0 Å². The third-order valence-corrected chi connectivity index (χ3v) is 7.61. The molecule has 4 aromatic rings. The first-order valence-electron chi connectivity index (χ1n) is 12.0. The number of amides is 1. The highest BCUT2D eigenvalue weighted by Crippen LogP contribution is 2.38. The molecular formula is C29H25F2N3O2S. The number of H-pyrrole nitrogens is 1. The molecule has 0 bridgehead atoms. The minimum atomic E-state index is -0.873. The Morgan fingerprint density at radius 1 is 1.08 bits per heavy atom. The number of fused-ring (bicyclic) bond motifs is 1. The molecule has 188 valence electrons. The molecule has 0 radical (unpaired) electrons. The van der Waals surface area contributed by atoms with Crippen LogP contribution >= 0.6 is 11.8 Å². The highest BCUT2D eigenvalue weighted by molar-refractivity contribution is 7.99. The van der Waals surface area contributed by atoms with Gasteiger partial charge in [-0.25, -0.2) is 13.8 Å². The molecule has 1 aliphatic carbocycles. The summed E-state index contributed by atoms with van der Waals surface area (Å²) in [6, 6.07) is 17.5. The number of aromatic amines is 1. The molecule has 1 aliphatic rings. The third-order valence-electron chi connectivity index (χ3n) is 6.38. The average molecular weight is 518 g/mol. The van der Waals surface area contributed by atoms with Crippen molar-refractivity contribution in [3.05, 3.63) is 101 Å². The first kappa shape index (κ1) is 24.9. The first-order valence-corrected chi connectivity index (χ1v) is 13.0. The molecule has 8 heteroatoms. The van der Waals surface area contributed by atoms with Gasteiger partial charge in [0.05, 0.1) is 5.69 Å². The number of anilines is 1. The van der Waals surface area contributed by atoms with Gasteiger partial charge in [0.1, 0.15) is 5.82 Å². The van der Waals surface area contributed by atoms with Crippen molar-refractivity contribution in [3.8, 4) is 11.3 Å². The molecule has 0 aliphatic heterocycles. The molecule has 0 saturated heterocycles. The van der Waals surface area contributed by atoms with Crippen LogP contribution in [0.25, 0.3) is 11.3 Å². The summed E-state index contributed by atoms with van der Waals surface area (Å²) in [7, 11) is 0. The number of pyridine rings is 1. The molecule has 5 rings (SSSR count). The van der Waals surface area contributed by atoms with E-state index in [1.54, 1.807) is 18.3 Å². The van der Waals surface area contributed by atoms with Crippen molar-refractivity contribution in [1.82, 2.24) is 9.97 Å². The fourth-order valence-electron chi connectivity index (χ4n) is 4.77. The third kappa shape index (κ3) is 5.64. The topological polar surface area (TPSA) is 74.8 Å². The Balaban J connectivity index is 1.47. The van der Waals surface area contributed by atoms with Crippen molar-refractivity contribution < 1.29 is 18.4 Å². The Labute approximate surface area is 217 Å². The van der Waals surface area contributed by atoms with E-state index in [0.717, 1.165) is 39.7 Å². The van der Waals surface area contributed by atoms with Crippen LogP contribution in [-0.2, 0) is 17.6 Å². The Morgan fingerprint density at radius 3 is 2.65 bits per heavy atom. The van der Waals surface area contributed by atoms with E-state index in [2.05, 4.69) is 15.3 Å². The number of carbonyl (C=O) groups is 2. The van der Waals surface area contributed by atoms with Gasteiger partial charge in [-0.05, 0) is 53.8 Å². The van der Waals surface area contributed by atoms with Gasteiger partial charge in [0.15, 0.2) is 17.4 Å². The van der Waals surface area contributed by atoms with Crippen molar-refractivity contribution in [3.63, 3.8) is 0 Å². The van der Waals surface area contributed by atoms with E-state index in [1.165, 1.54) is 24.8 Å². The quantitative estimate of drug-likeness (QED) is 0.277. The molecule has 0 saturated carbocycles. The predicted molar refractivity (Wildman–Crippen MR) is 141 cm³/mol. The first-order chi connectivity index (χ1) is 17.9. The number of ketones is 1.